The first-order valence-corrected chi connectivity index (χ1v) is 14.9. The van der Waals surface area contributed by atoms with Crippen LogP contribution < -0.4 is 10.4 Å². The normalized spacial score (nSPS) is 19.2. The summed E-state index contributed by atoms with van der Waals surface area (Å²) in [6.45, 7) is 7.00. The van der Waals surface area contributed by atoms with Gasteiger partial charge >= 0.3 is 0 Å². The van der Waals surface area contributed by atoms with Crippen molar-refractivity contribution in [1.82, 2.24) is 19.5 Å². The molecule has 2 heterocycles. The number of H-pyrrole nitrogens is 1. The van der Waals surface area contributed by atoms with Crippen molar-refractivity contribution in [3.63, 3.8) is 0 Å². The highest BCUT2D eigenvalue weighted by atomic mass is 35.5. The minimum absolute atomic E-state index is 0.0282. The van der Waals surface area contributed by atoms with Gasteiger partial charge in [-0.05, 0) is 64.9 Å². The van der Waals surface area contributed by atoms with E-state index in [1.165, 1.54) is 10.4 Å². The molecule has 0 atom stereocenters. The molecule has 0 aliphatic heterocycles. The van der Waals surface area contributed by atoms with E-state index < -0.39 is 8.32 Å². The Bertz CT molecular complexity index is 1320. The molecule has 1 N–H and O–H groups in total. The second-order valence-corrected chi connectivity index (χ2v) is 15.4. The van der Waals surface area contributed by atoms with Gasteiger partial charge in [-0.1, -0.05) is 81.4 Å². The van der Waals surface area contributed by atoms with Crippen LogP contribution in [0.2, 0.25) is 10.3 Å². The average Bonchev–Trinajstić information content (AvgIpc) is 3.18. The predicted octanol–water partition coefficient (Wildman–Crippen LogP) is 6.20. The number of hydrogen-bond acceptors (Lipinski definition) is 4. The fourth-order valence-corrected chi connectivity index (χ4v) is 10.8. The molecule has 1 fully saturated rings. The summed E-state index contributed by atoms with van der Waals surface area (Å²) < 4.78 is 10.2. The molecule has 0 radical (unpaired) electrons. The molecular weight excluding hydrogens is 492 g/mol. The summed E-state index contributed by atoms with van der Waals surface area (Å²) in [5.74, 6) is 0. The van der Waals surface area contributed by atoms with E-state index in [4.69, 9.17) is 28.2 Å². The van der Waals surface area contributed by atoms with Crippen LogP contribution in [0.3, 0.4) is 0 Å². The molecule has 0 unspecified atom stereocenters. The van der Waals surface area contributed by atoms with Crippen molar-refractivity contribution >= 4 is 53.7 Å². The highest BCUT2D eigenvalue weighted by Gasteiger charge is 2.51. The van der Waals surface area contributed by atoms with E-state index in [0.29, 0.717) is 4.77 Å². The third kappa shape index (κ3) is 4.51. The van der Waals surface area contributed by atoms with Crippen LogP contribution >= 0.6 is 23.8 Å². The molecule has 1 aliphatic rings. The first kappa shape index (κ1) is 24.4. The van der Waals surface area contributed by atoms with E-state index >= 15 is 0 Å². The fraction of sp³-hybridized carbons (Fsp3) is 0.370. The maximum absolute atomic E-state index is 7.37. The number of aromatic amines is 1. The largest absolute Gasteiger partial charge is 0.404 e. The van der Waals surface area contributed by atoms with Crippen LogP contribution in [-0.4, -0.2) is 33.9 Å². The molecule has 8 heteroatoms. The zero-order valence-electron chi connectivity index (χ0n) is 20.4. The van der Waals surface area contributed by atoms with Crippen molar-refractivity contribution in [2.24, 2.45) is 0 Å². The van der Waals surface area contributed by atoms with Crippen LogP contribution in [0, 0.1) is 4.77 Å². The first-order valence-electron chi connectivity index (χ1n) is 12.2. The molecule has 0 amide bonds. The van der Waals surface area contributed by atoms with Gasteiger partial charge in [0.05, 0.1) is 6.20 Å². The molecule has 35 heavy (non-hydrogen) atoms. The number of imidazole rings is 1. The highest BCUT2D eigenvalue weighted by Crippen LogP contribution is 2.40. The van der Waals surface area contributed by atoms with E-state index in [2.05, 4.69) is 101 Å². The van der Waals surface area contributed by atoms with Crippen LogP contribution in [0.4, 0.5) is 0 Å². The maximum Gasteiger partial charge on any atom is 0.261 e. The zero-order valence-corrected chi connectivity index (χ0v) is 22.9. The summed E-state index contributed by atoms with van der Waals surface area (Å²) in [6.07, 6.45) is 5.80. The quantitative estimate of drug-likeness (QED) is 0.192. The van der Waals surface area contributed by atoms with Crippen molar-refractivity contribution in [3.8, 4) is 0 Å². The lowest BCUT2D eigenvalue weighted by atomic mass is 9.93. The molecule has 1 saturated carbocycles. The van der Waals surface area contributed by atoms with Gasteiger partial charge < -0.3 is 9.41 Å². The third-order valence-electron chi connectivity index (χ3n) is 7.20. The summed E-state index contributed by atoms with van der Waals surface area (Å²) in [4.78, 5) is 11.8. The molecule has 1 aliphatic carbocycles. The van der Waals surface area contributed by atoms with E-state index in [-0.39, 0.29) is 22.5 Å². The van der Waals surface area contributed by atoms with E-state index in [0.717, 1.165) is 36.8 Å². The second-order valence-electron chi connectivity index (χ2n) is 10.4. The van der Waals surface area contributed by atoms with Gasteiger partial charge in [0.15, 0.2) is 10.4 Å². The van der Waals surface area contributed by atoms with Gasteiger partial charge in [-0.3, -0.25) is 4.57 Å². The van der Waals surface area contributed by atoms with E-state index in [1.807, 2.05) is 0 Å². The average molecular weight is 523 g/mol. The second kappa shape index (κ2) is 9.62. The number of hydrogen-bond donors (Lipinski definition) is 1. The van der Waals surface area contributed by atoms with Gasteiger partial charge in [0.2, 0.25) is 5.28 Å². The lowest BCUT2D eigenvalue weighted by Gasteiger charge is -2.46. The number of nitrogens with one attached hydrogen (secondary N) is 1. The fourth-order valence-electron chi connectivity index (χ4n) is 5.60. The van der Waals surface area contributed by atoms with Crippen molar-refractivity contribution in [2.45, 2.75) is 63.6 Å². The van der Waals surface area contributed by atoms with Crippen LogP contribution in [0.1, 0.15) is 52.5 Å². The van der Waals surface area contributed by atoms with Gasteiger partial charge in [-0.15, -0.1) is 0 Å². The molecule has 2 aromatic carbocycles. The Kier molecular flexibility index (Phi) is 6.70. The van der Waals surface area contributed by atoms with Crippen molar-refractivity contribution in [2.75, 3.05) is 0 Å². The van der Waals surface area contributed by atoms with Crippen molar-refractivity contribution in [1.29, 1.82) is 0 Å². The van der Waals surface area contributed by atoms with E-state index in [9.17, 15) is 0 Å². The topological polar surface area (TPSA) is 55.7 Å². The Balaban J connectivity index is 1.46. The molecule has 5 rings (SSSR count). The molecule has 0 bridgehead atoms. The zero-order chi connectivity index (χ0) is 24.6. The van der Waals surface area contributed by atoms with Crippen LogP contribution in [0.15, 0.2) is 66.9 Å². The number of fused-ring (bicyclic) bond motifs is 1. The van der Waals surface area contributed by atoms with Gasteiger partial charge in [-0.2, -0.15) is 4.98 Å². The van der Waals surface area contributed by atoms with Gasteiger partial charge in [0.25, 0.3) is 8.32 Å². The number of halogens is 1. The smallest absolute Gasteiger partial charge is 0.261 e. The molecule has 5 nitrogen and oxygen atoms in total. The first-order chi connectivity index (χ1) is 16.8. The summed E-state index contributed by atoms with van der Waals surface area (Å²) in [7, 11) is -2.56. The highest BCUT2D eigenvalue weighted by molar-refractivity contribution is 7.71. The molecular formula is C27H31ClN4OSSi. The standard InChI is InChI=1S/C27H31ClN4OSSi/c1-27(2,3)35(21-10-6-4-7-11-21,22-12-8-5-9-13-22)33-20-16-14-19(15-17-20)32-24-23(30-26(32)34)18-29-25(28)31-24/h4-13,18-20H,14-17H2,1-3H3,(H,30,34)/t19-,20-. The monoisotopic (exact) mass is 522 g/mol. The van der Waals surface area contributed by atoms with Crippen molar-refractivity contribution < 1.29 is 4.43 Å². The summed E-state index contributed by atoms with van der Waals surface area (Å²) in [6, 6.07) is 22.0. The molecule has 0 saturated heterocycles. The molecule has 2 aromatic heterocycles. The minimum atomic E-state index is -2.56. The van der Waals surface area contributed by atoms with Crippen LogP contribution in [0.5, 0.6) is 0 Å². The maximum atomic E-state index is 7.37. The van der Waals surface area contributed by atoms with Crippen LogP contribution in [-0.2, 0) is 4.43 Å². The number of nitrogens with zero attached hydrogens (tertiary/aromatic N) is 3. The SMILES string of the molecule is CC(C)(C)[Si](O[C@H]1CC[C@H](n2c(=S)[nH]c3cnc(Cl)nc32)CC1)(c1ccccc1)c1ccccc1. The lowest BCUT2D eigenvalue weighted by molar-refractivity contribution is 0.123. The summed E-state index contributed by atoms with van der Waals surface area (Å²) >= 11 is 11.7. The Morgan fingerprint density at radius 1 is 0.971 bits per heavy atom. The Morgan fingerprint density at radius 2 is 1.54 bits per heavy atom. The van der Waals surface area contributed by atoms with Crippen molar-refractivity contribution in [3.05, 3.63) is 76.9 Å². The number of rotatable bonds is 5. The van der Waals surface area contributed by atoms with E-state index in [1.54, 1.807) is 6.20 Å². The number of benzene rings is 2. The molecule has 0 spiro atoms. The summed E-state index contributed by atoms with van der Waals surface area (Å²) in [5, 5.41) is 2.86. The van der Waals surface area contributed by atoms with Gasteiger partial charge in [0.1, 0.15) is 5.52 Å². The Labute approximate surface area is 217 Å². The van der Waals surface area contributed by atoms with Crippen LogP contribution in [0.25, 0.3) is 11.2 Å². The summed E-state index contributed by atoms with van der Waals surface area (Å²) in [5.41, 5.74) is 1.61. The van der Waals surface area contributed by atoms with Gasteiger partial charge in [-0.25, -0.2) is 4.98 Å². The Hall–Kier alpha value is -2.32. The third-order valence-corrected chi connectivity index (χ3v) is 12.8. The number of aromatic nitrogens is 4. The minimum Gasteiger partial charge on any atom is -0.404 e. The molecule has 182 valence electrons. The Morgan fingerprint density at radius 3 is 2.09 bits per heavy atom. The molecule has 4 aromatic rings. The lowest BCUT2D eigenvalue weighted by Crippen LogP contribution is -2.67. The predicted molar refractivity (Wildman–Crippen MR) is 148 cm³/mol. The van der Waals surface area contributed by atoms with Gasteiger partial charge in [0, 0.05) is 12.1 Å².